The zero-order valence-corrected chi connectivity index (χ0v) is 11.6. The number of hydrogen-bond donors (Lipinski definition) is 1. The molecular formula is C13H24N2S. The summed E-state index contributed by atoms with van der Waals surface area (Å²) in [6.07, 6.45) is 7.31. The molecule has 2 nitrogen and oxygen atoms in total. The van der Waals surface area contributed by atoms with Crippen molar-refractivity contribution in [1.29, 1.82) is 0 Å². The lowest BCUT2D eigenvalue weighted by Crippen LogP contribution is -2.21. The number of nitrogens with zero attached hydrogens (tertiary/aromatic N) is 1. The second-order valence-electron chi connectivity index (χ2n) is 4.39. The lowest BCUT2D eigenvalue weighted by atomic mass is 9.99. The maximum Gasteiger partial charge on any atom is 0.0897 e. The molecule has 1 N–H and O–H groups in total. The molecule has 0 aliphatic rings. The molecule has 0 bridgehead atoms. The third kappa shape index (κ3) is 5.08. The molecule has 0 aliphatic heterocycles. The number of hydrogen-bond acceptors (Lipinski definition) is 3. The second kappa shape index (κ2) is 7.80. The van der Waals surface area contributed by atoms with Crippen molar-refractivity contribution in [2.75, 3.05) is 6.54 Å². The van der Waals surface area contributed by atoms with Gasteiger partial charge in [-0.2, -0.15) is 0 Å². The second-order valence-corrected chi connectivity index (χ2v) is 5.71. The van der Waals surface area contributed by atoms with Crippen molar-refractivity contribution in [2.24, 2.45) is 5.92 Å². The van der Waals surface area contributed by atoms with Crippen LogP contribution >= 0.6 is 11.3 Å². The van der Waals surface area contributed by atoms with Gasteiger partial charge >= 0.3 is 0 Å². The molecule has 1 unspecified atom stereocenters. The zero-order valence-electron chi connectivity index (χ0n) is 10.8. The van der Waals surface area contributed by atoms with Crippen molar-refractivity contribution in [3.05, 3.63) is 16.1 Å². The zero-order chi connectivity index (χ0) is 11.8. The largest absolute Gasteiger partial charge is 0.312 e. The van der Waals surface area contributed by atoms with Crippen LogP contribution in [0.25, 0.3) is 0 Å². The van der Waals surface area contributed by atoms with E-state index in [1.807, 2.05) is 6.20 Å². The van der Waals surface area contributed by atoms with Gasteiger partial charge in [0.2, 0.25) is 0 Å². The van der Waals surface area contributed by atoms with Crippen LogP contribution in [0.4, 0.5) is 0 Å². The molecule has 1 aromatic heterocycles. The Kier molecular flexibility index (Phi) is 6.65. The smallest absolute Gasteiger partial charge is 0.0897 e. The quantitative estimate of drug-likeness (QED) is 0.748. The first kappa shape index (κ1) is 13.7. The van der Waals surface area contributed by atoms with E-state index in [1.165, 1.54) is 30.6 Å². The molecule has 92 valence electrons. The highest BCUT2D eigenvalue weighted by molar-refractivity contribution is 7.11. The summed E-state index contributed by atoms with van der Waals surface area (Å²) < 4.78 is 0. The van der Waals surface area contributed by atoms with Gasteiger partial charge < -0.3 is 5.32 Å². The first-order valence-electron chi connectivity index (χ1n) is 6.38. The van der Waals surface area contributed by atoms with Crippen LogP contribution in [0.1, 0.15) is 49.4 Å². The van der Waals surface area contributed by atoms with Crippen molar-refractivity contribution in [1.82, 2.24) is 10.3 Å². The van der Waals surface area contributed by atoms with E-state index in [2.05, 4.69) is 31.1 Å². The molecule has 1 atom stereocenters. The SMILES string of the molecule is CCCCC(CC)CNCc1cnc(C)s1. The van der Waals surface area contributed by atoms with E-state index in [9.17, 15) is 0 Å². The van der Waals surface area contributed by atoms with E-state index in [0.29, 0.717) is 0 Å². The Labute approximate surface area is 103 Å². The van der Waals surface area contributed by atoms with Crippen LogP contribution in [0.2, 0.25) is 0 Å². The molecule has 0 saturated heterocycles. The summed E-state index contributed by atoms with van der Waals surface area (Å²) in [5.41, 5.74) is 0. The van der Waals surface area contributed by atoms with E-state index >= 15 is 0 Å². The lowest BCUT2D eigenvalue weighted by Gasteiger charge is -2.14. The predicted molar refractivity (Wildman–Crippen MR) is 71.9 cm³/mol. The summed E-state index contributed by atoms with van der Waals surface area (Å²) in [5.74, 6) is 0.842. The Hall–Kier alpha value is -0.410. The van der Waals surface area contributed by atoms with Gasteiger partial charge in [0, 0.05) is 17.6 Å². The Balaban J connectivity index is 2.17. The average Bonchev–Trinajstić information content (AvgIpc) is 2.69. The van der Waals surface area contributed by atoms with Gasteiger partial charge in [0.1, 0.15) is 0 Å². The third-order valence-electron chi connectivity index (χ3n) is 2.94. The molecule has 1 aromatic rings. The van der Waals surface area contributed by atoms with E-state index in [-0.39, 0.29) is 0 Å². The lowest BCUT2D eigenvalue weighted by molar-refractivity contribution is 0.420. The van der Waals surface area contributed by atoms with Crippen molar-refractivity contribution in [3.63, 3.8) is 0 Å². The molecule has 1 heterocycles. The molecule has 0 radical (unpaired) electrons. The molecule has 0 aliphatic carbocycles. The van der Waals surface area contributed by atoms with E-state index in [1.54, 1.807) is 11.3 Å². The highest BCUT2D eigenvalue weighted by Crippen LogP contribution is 2.13. The fraction of sp³-hybridized carbons (Fsp3) is 0.769. The highest BCUT2D eigenvalue weighted by Gasteiger charge is 2.05. The topological polar surface area (TPSA) is 24.9 Å². The fourth-order valence-electron chi connectivity index (χ4n) is 1.83. The van der Waals surface area contributed by atoms with Gasteiger partial charge in [-0.1, -0.05) is 33.1 Å². The van der Waals surface area contributed by atoms with Crippen LogP contribution < -0.4 is 5.32 Å². The minimum absolute atomic E-state index is 0.842. The van der Waals surface area contributed by atoms with Gasteiger partial charge in [-0.3, -0.25) is 0 Å². The van der Waals surface area contributed by atoms with Crippen LogP contribution in [0.15, 0.2) is 6.20 Å². The highest BCUT2D eigenvalue weighted by atomic mass is 32.1. The van der Waals surface area contributed by atoms with Crippen LogP contribution in [0, 0.1) is 12.8 Å². The van der Waals surface area contributed by atoms with E-state index in [4.69, 9.17) is 0 Å². The van der Waals surface area contributed by atoms with Crippen LogP contribution in [0.3, 0.4) is 0 Å². The molecule has 0 fully saturated rings. The number of rotatable bonds is 8. The minimum Gasteiger partial charge on any atom is -0.312 e. The Bertz CT molecular complexity index is 283. The molecule has 0 saturated carbocycles. The standard InChI is InChI=1S/C13H24N2S/c1-4-6-7-12(5-2)8-14-9-13-10-15-11(3)16-13/h10,12,14H,4-9H2,1-3H3. The number of nitrogens with one attached hydrogen (secondary N) is 1. The van der Waals surface area contributed by atoms with Crippen molar-refractivity contribution >= 4 is 11.3 Å². The number of thiazole rings is 1. The predicted octanol–water partition coefficient (Wildman–Crippen LogP) is 3.76. The fourth-order valence-corrected chi connectivity index (χ4v) is 2.59. The van der Waals surface area contributed by atoms with Crippen LogP contribution in [-0.4, -0.2) is 11.5 Å². The monoisotopic (exact) mass is 240 g/mol. The number of aryl methyl sites for hydroxylation is 1. The molecule has 1 rings (SSSR count). The van der Waals surface area contributed by atoms with E-state index in [0.717, 1.165) is 24.0 Å². The first-order valence-corrected chi connectivity index (χ1v) is 7.19. The van der Waals surface area contributed by atoms with E-state index < -0.39 is 0 Å². The normalized spacial score (nSPS) is 12.9. The molecule has 0 amide bonds. The van der Waals surface area contributed by atoms with Gasteiger partial charge in [-0.05, 0) is 25.8 Å². The summed E-state index contributed by atoms with van der Waals surface area (Å²) >= 11 is 1.79. The summed E-state index contributed by atoms with van der Waals surface area (Å²) in [6.45, 7) is 8.74. The van der Waals surface area contributed by atoms with Crippen LogP contribution in [-0.2, 0) is 6.54 Å². The molecule has 0 spiro atoms. The average molecular weight is 240 g/mol. The molecule has 16 heavy (non-hydrogen) atoms. The summed E-state index contributed by atoms with van der Waals surface area (Å²) in [4.78, 5) is 5.61. The maximum absolute atomic E-state index is 4.26. The molecule has 3 heteroatoms. The Morgan fingerprint density at radius 2 is 2.25 bits per heavy atom. The molecule has 0 aromatic carbocycles. The summed E-state index contributed by atoms with van der Waals surface area (Å²) in [7, 11) is 0. The van der Waals surface area contributed by atoms with Gasteiger partial charge in [0.05, 0.1) is 5.01 Å². The first-order chi connectivity index (χ1) is 7.76. The van der Waals surface area contributed by atoms with Gasteiger partial charge in [-0.25, -0.2) is 4.98 Å². The van der Waals surface area contributed by atoms with Crippen molar-refractivity contribution in [2.45, 2.75) is 53.0 Å². The third-order valence-corrected chi connectivity index (χ3v) is 3.86. The van der Waals surface area contributed by atoms with Crippen molar-refractivity contribution in [3.8, 4) is 0 Å². The summed E-state index contributed by atoms with van der Waals surface area (Å²) in [6, 6.07) is 0. The van der Waals surface area contributed by atoms with Crippen molar-refractivity contribution < 1.29 is 0 Å². The Morgan fingerprint density at radius 3 is 2.81 bits per heavy atom. The maximum atomic E-state index is 4.26. The minimum atomic E-state index is 0.842. The molecular weight excluding hydrogens is 216 g/mol. The van der Waals surface area contributed by atoms with Gasteiger partial charge in [0.25, 0.3) is 0 Å². The number of aromatic nitrogens is 1. The summed E-state index contributed by atoms with van der Waals surface area (Å²) in [5, 5.41) is 4.71. The van der Waals surface area contributed by atoms with Gasteiger partial charge in [0.15, 0.2) is 0 Å². The Morgan fingerprint density at radius 1 is 1.44 bits per heavy atom. The van der Waals surface area contributed by atoms with Gasteiger partial charge in [-0.15, -0.1) is 11.3 Å². The van der Waals surface area contributed by atoms with Crippen LogP contribution in [0.5, 0.6) is 0 Å². The number of unbranched alkanes of at least 4 members (excludes halogenated alkanes) is 1.